The minimum Gasteiger partial charge on any atom is -0.0563 e. The Morgan fingerprint density at radius 1 is 0.786 bits per heavy atom. The maximum Gasteiger partial charge on any atom is -0.0179 e. The van der Waals surface area contributed by atoms with Crippen molar-refractivity contribution < 1.29 is 0 Å². The second-order valence-electron chi connectivity index (χ2n) is 3.67. The lowest BCUT2D eigenvalue weighted by atomic mass is 10.0. The zero-order valence-electron chi connectivity index (χ0n) is 8.54. The Kier molecular flexibility index (Phi) is 2.36. The van der Waals surface area contributed by atoms with Gasteiger partial charge in [0.15, 0.2) is 0 Å². The zero-order valence-corrected chi connectivity index (χ0v) is 8.54. The summed E-state index contributed by atoms with van der Waals surface area (Å²) in [5, 5.41) is 0. The van der Waals surface area contributed by atoms with Crippen LogP contribution in [0.2, 0.25) is 0 Å². The predicted molar refractivity (Wildman–Crippen MR) is 60.2 cm³/mol. The smallest absolute Gasteiger partial charge is 0.0179 e. The quantitative estimate of drug-likeness (QED) is 0.628. The molecule has 0 aromatic heterocycles. The van der Waals surface area contributed by atoms with Crippen LogP contribution in [0.4, 0.5) is 0 Å². The van der Waals surface area contributed by atoms with Gasteiger partial charge >= 0.3 is 0 Å². The van der Waals surface area contributed by atoms with E-state index < -0.39 is 0 Å². The van der Waals surface area contributed by atoms with Gasteiger partial charge in [-0.05, 0) is 31.0 Å². The normalized spacial score (nSPS) is 10.1. The van der Waals surface area contributed by atoms with Crippen LogP contribution < -0.4 is 0 Å². The van der Waals surface area contributed by atoms with Crippen LogP contribution in [0, 0.1) is 19.9 Å². The van der Waals surface area contributed by atoms with E-state index in [4.69, 9.17) is 0 Å². The summed E-state index contributed by atoms with van der Waals surface area (Å²) in [6, 6.07) is 17.7. The van der Waals surface area contributed by atoms with Gasteiger partial charge in [0.2, 0.25) is 0 Å². The van der Waals surface area contributed by atoms with Crippen LogP contribution in [0.1, 0.15) is 11.1 Å². The molecule has 69 valence electrons. The van der Waals surface area contributed by atoms with Gasteiger partial charge in [0, 0.05) is 0 Å². The van der Waals surface area contributed by atoms with Crippen molar-refractivity contribution in [3.63, 3.8) is 0 Å². The highest BCUT2D eigenvalue weighted by Gasteiger charge is 1.97. The topological polar surface area (TPSA) is 0 Å². The zero-order chi connectivity index (χ0) is 9.97. The van der Waals surface area contributed by atoms with Gasteiger partial charge in [0.05, 0.1) is 0 Å². The Bertz CT molecular complexity index is 407. The first kappa shape index (κ1) is 9.01. The predicted octanol–water partition coefficient (Wildman–Crippen LogP) is 3.77. The van der Waals surface area contributed by atoms with Crippen molar-refractivity contribution in [1.29, 1.82) is 0 Å². The summed E-state index contributed by atoms with van der Waals surface area (Å²) in [4.78, 5) is 0. The van der Waals surface area contributed by atoms with Crippen LogP contribution in [0.15, 0.2) is 42.5 Å². The lowest BCUT2D eigenvalue weighted by Gasteiger charge is -2.04. The molecule has 0 aliphatic carbocycles. The van der Waals surface area contributed by atoms with E-state index in [1.54, 1.807) is 0 Å². The standard InChI is InChI=1S/C14H13/c1-11-8-12(2)10-14(9-11)13-6-4-3-5-7-13/h4-10H,1-2H3. The third-order valence-corrected chi connectivity index (χ3v) is 2.27. The average molecular weight is 181 g/mol. The molecule has 0 unspecified atom stereocenters. The van der Waals surface area contributed by atoms with Gasteiger partial charge in [-0.2, -0.15) is 0 Å². The number of rotatable bonds is 1. The molecule has 0 saturated heterocycles. The fourth-order valence-corrected chi connectivity index (χ4v) is 1.72. The molecule has 14 heavy (non-hydrogen) atoms. The molecule has 0 amide bonds. The monoisotopic (exact) mass is 181 g/mol. The van der Waals surface area contributed by atoms with Crippen molar-refractivity contribution in [2.75, 3.05) is 0 Å². The summed E-state index contributed by atoms with van der Waals surface area (Å²) >= 11 is 0. The van der Waals surface area contributed by atoms with Gasteiger partial charge in [0.1, 0.15) is 0 Å². The molecule has 0 N–H and O–H groups in total. The van der Waals surface area contributed by atoms with E-state index in [-0.39, 0.29) is 0 Å². The van der Waals surface area contributed by atoms with E-state index in [0.29, 0.717) is 0 Å². The molecule has 0 atom stereocenters. The number of aryl methyl sites for hydroxylation is 2. The molecule has 0 nitrogen and oxygen atoms in total. The Balaban J connectivity index is 2.52. The minimum absolute atomic E-state index is 1.26. The van der Waals surface area contributed by atoms with Gasteiger partial charge in [-0.15, -0.1) is 0 Å². The second kappa shape index (κ2) is 3.67. The highest BCUT2D eigenvalue weighted by molar-refractivity contribution is 5.64. The number of hydrogen-bond donors (Lipinski definition) is 0. The van der Waals surface area contributed by atoms with E-state index in [0.717, 1.165) is 0 Å². The highest BCUT2D eigenvalue weighted by Crippen LogP contribution is 2.21. The van der Waals surface area contributed by atoms with Crippen molar-refractivity contribution in [3.8, 4) is 11.1 Å². The van der Waals surface area contributed by atoms with Crippen LogP contribution in [0.5, 0.6) is 0 Å². The SMILES string of the molecule is Cc1cc(C)cc(-c2cc[c]cc2)c1. The lowest BCUT2D eigenvalue weighted by molar-refractivity contribution is 1.38. The second-order valence-corrected chi connectivity index (χ2v) is 3.67. The summed E-state index contributed by atoms with van der Waals surface area (Å²) in [5.41, 5.74) is 5.17. The van der Waals surface area contributed by atoms with E-state index >= 15 is 0 Å². The Morgan fingerprint density at radius 2 is 1.36 bits per heavy atom. The van der Waals surface area contributed by atoms with Crippen molar-refractivity contribution in [2.45, 2.75) is 13.8 Å². The maximum absolute atomic E-state index is 3.03. The average Bonchev–Trinajstić information content (AvgIpc) is 2.18. The Morgan fingerprint density at radius 3 is 1.93 bits per heavy atom. The molecule has 0 heteroatoms. The van der Waals surface area contributed by atoms with Crippen LogP contribution in [-0.4, -0.2) is 0 Å². The summed E-state index contributed by atoms with van der Waals surface area (Å²) in [6.07, 6.45) is 0. The van der Waals surface area contributed by atoms with Crippen LogP contribution in [-0.2, 0) is 0 Å². The molecule has 0 aliphatic rings. The molecule has 0 aliphatic heterocycles. The van der Waals surface area contributed by atoms with Gasteiger partial charge in [-0.1, -0.05) is 53.6 Å². The van der Waals surface area contributed by atoms with Crippen LogP contribution in [0.3, 0.4) is 0 Å². The Hall–Kier alpha value is -1.56. The first-order chi connectivity index (χ1) is 6.75. The molecule has 1 radical (unpaired) electrons. The molecular weight excluding hydrogens is 168 g/mol. The third-order valence-electron chi connectivity index (χ3n) is 2.27. The molecular formula is C14H13. The lowest BCUT2D eigenvalue weighted by Crippen LogP contribution is -1.81. The summed E-state index contributed by atoms with van der Waals surface area (Å²) < 4.78 is 0. The summed E-state index contributed by atoms with van der Waals surface area (Å²) in [7, 11) is 0. The molecule has 2 rings (SSSR count). The molecule has 0 saturated carbocycles. The Labute approximate surface area is 85.2 Å². The molecule has 2 aromatic rings. The largest absolute Gasteiger partial charge is 0.0563 e. The molecule has 0 bridgehead atoms. The summed E-state index contributed by atoms with van der Waals surface area (Å²) in [5.74, 6) is 0. The first-order valence-electron chi connectivity index (χ1n) is 4.80. The molecule has 2 aromatic carbocycles. The van der Waals surface area contributed by atoms with E-state index in [2.05, 4.69) is 50.2 Å². The van der Waals surface area contributed by atoms with E-state index in [9.17, 15) is 0 Å². The van der Waals surface area contributed by atoms with Crippen molar-refractivity contribution in [2.24, 2.45) is 0 Å². The van der Waals surface area contributed by atoms with Gasteiger partial charge in [-0.3, -0.25) is 0 Å². The van der Waals surface area contributed by atoms with Gasteiger partial charge in [0.25, 0.3) is 0 Å². The summed E-state index contributed by atoms with van der Waals surface area (Å²) in [6.45, 7) is 4.26. The van der Waals surface area contributed by atoms with Gasteiger partial charge in [-0.25, -0.2) is 0 Å². The third kappa shape index (κ3) is 1.85. The maximum atomic E-state index is 3.03. The van der Waals surface area contributed by atoms with Crippen molar-refractivity contribution in [1.82, 2.24) is 0 Å². The minimum atomic E-state index is 1.26. The van der Waals surface area contributed by atoms with E-state index in [1.807, 2.05) is 12.1 Å². The van der Waals surface area contributed by atoms with Crippen molar-refractivity contribution in [3.05, 3.63) is 59.7 Å². The van der Waals surface area contributed by atoms with Crippen LogP contribution in [0.25, 0.3) is 11.1 Å². The van der Waals surface area contributed by atoms with Crippen LogP contribution >= 0.6 is 0 Å². The molecule has 0 heterocycles. The fraction of sp³-hybridized carbons (Fsp3) is 0.143. The fourth-order valence-electron chi connectivity index (χ4n) is 1.72. The van der Waals surface area contributed by atoms with E-state index in [1.165, 1.54) is 22.3 Å². The number of hydrogen-bond acceptors (Lipinski definition) is 0. The highest BCUT2D eigenvalue weighted by atomic mass is 14.0. The number of benzene rings is 2. The molecule has 0 fully saturated rings. The molecule has 0 spiro atoms. The first-order valence-corrected chi connectivity index (χ1v) is 4.80. The van der Waals surface area contributed by atoms with Crippen molar-refractivity contribution >= 4 is 0 Å². The van der Waals surface area contributed by atoms with Gasteiger partial charge < -0.3 is 0 Å².